The smallest absolute Gasteiger partial charge is 0.147 e. The molecule has 7 nitrogen and oxygen atoms in total. The van der Waals surface area contributed by atoms with E-state index in [4.69, 9.17) is 15.1 Å². The molecular weight excluding hydrogens is 352 g/mol. The van der Waals surface area contributed by atoms with Gasteiger partial charge in [-0.2, -0.15) is 0 Å². The Morgan fingerprint density at radius 3 is 2.89 bits per heavy atom. The van der Waals surface area contributed by atoms with Gasteiger partial charge < -0.3 is 10.2 Å². The molecule has 5 rings (SSSR count). The van der Waals surface area contributed by atoms with Crippen molar-refractivity contribution in [3.63, 3.8) is 0 Å². The van der Waals surface area contributed by atoms with E-state index in [9.17, 15) is 0 Å². The summed E-state index contributed by atoms with van der Waals surface area (Å²) in [5.74, 6) is 0.950. The fourth-order valence-electron chi connectivity index (χ4n) is 4.19. The molecule has 0 saturated carbocycles. The minimum atomic E-state index is 0.0610. The van der Waals surface area contributed by atoms with Crippen LogP contribution in [0.2, 0.25) is 0 Å². The predicted molar refractivity (Wildman–Crippen MR) is 107 cm³/mol. The van der Waals surface area contributed by atoms with Crippen LogP contribution in [0.3, 0.4) is 0 Å². The van der Waals surface area contributed by atoms with E-state index in [0.29, 0.717) is 5.49 Å². The summed E-state index contributed by atoms with van der Waals surface area (Å²) in [7, 11) is 0. The average molecular weight is 376 g/mol. The lowest BCUT2D eigenvalue weighted by molar-refractivity contribution is 0.0336. The molecular formula is C21H24N6O. The minimum absolute atomic E-state index is 0.0610. The van der Waals surface area contributed by atoms with Gasteiger partial charge in [0.15, 0.2) is 0 Å². The van der Waals surface area contributed by atoms with Gasteiger partial charge >= 0.3 is 0 Å². The molecule has 4 heterocycles. The molecule has 1 aromatic carbocycles. The molecule has 0 spiro atoms. The van der Waals surface area contributed by atoms with Crippen molar-refractivity contribution in [1.29, 1.82) is 5.41 Å². The van der Waals surface area contributed by atoms with Crippen LogP contribution in [0, 0.1) is 5.41 Å². The van der Waals surface area contributed by atoms with Crippen LogP contribution < -0.4 is 10.9 Å². The van der Waals surface area contributed by atoms with Crippen LogP contribution in [0.1, 0.15) is 29.9 Å². The first-order valence-electron chi connectivity index (χ1n) is 9.78. The molecule has 2 N–H and O–H groups in total. The number of nitrogens with zero attached hydrogens (tertiary/aromatic N) is 4. The second-order valence-electron chi connectivity index (χ2n) is 7.57. The predicted octanol–water partition coefficient (Wildman–Crippen LogP) is 1.82. The molecule has 0 bridgehead atoms. The highest BCUT2D eigenvalue weighted by atomic mass is 16.5. The molecule has 3 aromatic rings. The third-order valence-corrected chi connectivity index (χ3v) is 5.60. The van der Waals surface area contributed by atoms with Crippen molar-refractivity contribution in [3.05, 3.63) is 65.2 Å². The van der Waals surface area contributed by atoms with E-state index in [1.807, 2.05) is 35.1 Å². The Morgan fingerprint density at radius 2 is 2.04 bits per heavy atom. The molecule has 2 aliphatic rings. The summed E-state index contributed by atoms with van der Waals surface area (Å²) in [6.07, 6.45) is 1.95. The van der Waals surface area contributed by atoms with Crippen molar-refractivity contribution in [1.82, 2.24) is 19.5 Å². The van der Waals surface area contributed by atoms with Gasteiger partial charge in [-0.25, -0.2) is 9.66 Å². The zero-order valence-corrected chi connectivity index (χ0v) is 15.9. The first-order chi connectivity index (χ1) is 13.7. The van der Waals surface area contributed by atoms with E-state index in [0.717, 1.165) is 60.8 Å². The number of hydrogen-bond acceptors (Lipinski definition) is 6. The van der Waals surface area contributed by atoms with E-state index in [2.05, 4.69) is 34.4 Å². The molecule has 7 heteroatoms. The molecule has 144 valence electrons. The van der Waals surface area contributed by atoms with Crippen molar-refractivity contribution in [2.24, 2.45) is 0 Å². The maximum absolute atomic E-state index is 8.49. The Morgan fingerprint density at radius 1 is 1.21 bits per heavy atom. The van der Waals surface area contributed by atoms with Gasteiger partial charge in [-0.15, -0.1) is 0 Å². The topological polar surface area (TPSA) is 79.1 Å². The summed E-state index contributed by atoms with van der Waals surface area (Å²) >= 11 is 0. The van der Waals surface area contributed by atoms with Crippen LogP contribution in [0.5, 0.6) is 0 Å². The summed E-state index contributed by atoms with van der Waals surface area (Å²) < 4.78 is 7.25. The Kier molecular flexibility index (Phi) is 4.33. The maximum atomic E-state index is 8.49. The number of para-hydroxylation sites is 1. The minimum Gasteiger partial charge on any atom is -0.379 e. The number of rotatable bonds is 3. The van der Waals surface area contributed by atoms with Crippen molar-refractivity contribution in [2.45, 2.75) is 25.4 Å². The van der Waals surface area contributed by atoms with E-state index in [-0.39, 0.29) is 12.0 Å². The SMILES string of the molecule is CC1Nn2c(nc(CN3CCOCC3)cc2=N)C1c1cnc2ccccc2c1. The second kappa shape index (κ2) is 7.00. The Bertz CT molecular complexity index is 1070. The van der Waals surface area contributed by atoms with Crippen LogP contribution >= 0.6 is 0 Å². The summed E-state index contributed by atoms with van der Waals surface area (Å²) in [4.78, 5) is 11.9. The zero-order chi connectivity index (χ0) is 19.1. The molecule has 2 atom stereocenters. The fraction of sp³-hybridized carbons (Fsp3) is 0.381. The lowest BCUT2D eigenvalue weighted by Gasteiger charge is -2.26. The number of fused-ring (bicyclic) bond motifs is 2. The summed E-state index contributed by atoms with van der Waals surface area (Å²) in [6.45, 7) is 6.22. The first-order valence-corrected chi connectivity index (χ1v) is 9.78. The molecule has 2 aromatic heterocycles. The Labute approximate surface area is 163 Å². The highest BCUT2D eigenvalue weighted by Crippen LogP contribution is 2.31. The van der Waals surface area contributed by atoms with Gasteiger partial charge in [-0.1, -0.05) is 18.2 Å². The van der Waals surface area contributed by atoms with Crippen molar-refractivity contribution in [3.8, 4) is 0 Å². The van der Waals surface area contributed by atoms with Gasteiger partial charge in [0.2, 0.25) is 0 Å². The number of pyridine rings is 1. The third kappa shape index (κ3) is 3.06. The third-order valence-electron chi connectivity index (χ3n) is 5.60. The lowest BCUT2D eigenvalue weighted by atomic mass is 9.93. The number of morpholine rings is 1. The molecule has 0 radical (unpaired) electrons. The van der Waals surface area contributed by atoms with Crippen molar-refractivity contribution < 1.29 is 4.74 Å². The molecule has 28 heavy (non-hydrogen) atoms. The van der Waals surface area contributed by atoms with Crippen LogP contribution in [0.15, 0.2) is 42.6 Å². The highest BCUT2D eigenvalue weighted by molar-refractivity contribution is 5.79. The normalized spacial score (nSPS) is 22.2. The number of ether oxygens (including phenoxy) is 1. The zero-order valence-electron chi connectivity index (χ0n) is 15.9. The van der Waals surface area contributed by atoms with E-state index >= 15 is 0 Å². The van der Waals surface area contributed by atoms with Crippen molar-refractivity contribution in [2.75, 3.05) is 31.7 Å². The van der Waals surface area contributed by atoms with Crippen LogP contribution in [-0.2, 0) is 11.3 Å². The van der Waals surface area contributed by atoms with Gasteiger partial charge in [-0.05, 0) is 24.6 Å². The summed E-state index contributed by atoms with van der Waals surface area (Å²) in [5.41, 5.74) is 6.90. The van der Waals surface area contributed by atoms with Crippen LogP contribution in [0.4, 0.5) is 0 Å². The van der Waals surface area contributed by atoms with E-state index in [1.165, 1.54) is 0 Å². The summed E-state index contributed by atoms with van der Waals surface area (Å²) in [6, 6.07) is 12.3. The van der Waals surface area contributed by atoms with Gasteiger partial charge in [0.1, 0.15) is 11.3 Å². The fourth-order valence-corrected chi connectivity index (χ4v) is 4.19. The van der Waals surface area contributed by atoms with E-state index in [1.54, 1.807) is 0 Å². The molecule has 1 fully saturated rings. The largest absolute Gasteiger partial charge is 0.379 e. The van der Waals surface area contributed by atoms with Crippen LogP contribution in [0.25, 0.3) is 10.9 Å². The van der Waals surface area contributed by atoms with Crippen molar-refractivity contribution >= 4 is 10.9 Å². The molecule has 2 aliphatic heterocycles. The number of benzene rings is 1. The highest BCUT2D eigenvalue weighted by Gasteiger charge is 2.33. The lowest BCUT2D eigenvalue weighted by Crippen LogP contribution is -2.37. The molecule has 2 unspecified atom stereocenters. The standard InChI is InChI=1S/C21H24N6O/c1-14-20(16-10-15-4-2-3-5-18(15)23-12-16)21-24-17(11-19(22)27(21)25-14)13-26-6-8-28-9-7-26/h2-5,10-12,14,20,22,25H,6-9,13H2,1H3. The number of hydrogen-bond donors (Lipinski definition) is 2. The average Bonchev–Trinajstić information content (AvgIpc) is 3.05. The van der Waals surface area contributed by atoms with Gasteiger partial charge in [0.25, 0.3) is 0 Å². The van der Waals surface area contributed by atoms with Gasteiger partial charge in [0.05, 0.1) is 36.4 Å². The Hall–Kier alpha value is -2.77. The molecule has 0 aliphatic carbocycles. The maximum Gasteiger partial charge on any atom is 0.147 e. The molecule has 1 saturated heterocycles. The molecule has 0 amide bonds. The quantitative estimate of drug-likeness (QED) is 0.729. The summed E-state index contributed by atoms with van der Waals surface area (Å²) in [5, 5.41) is 9.61. The number of aromatic nitrogens is 3. The first kappa shape index (κ1) is 17.3. The van der Waals surface area contributed by atoms with E-state index < -0.39 is 0 Å². The monoisotopic (exact) mass is 376 g/mol. The van der Waals surface area contributed by atoms with Crippen LogP contribution in [-0.4, -0.2) is 51.9 Å². The second-order valence-corrected chi connectivity index (χ2v) is 7.57. The van der Waals surface area contributed by atoms with Gasteiger partial charge in [-0.3, -0.25) is 15.3 Å². The number of nitrogens with one attached hydrogen (secondary N) is 2. The Balaban J connectivity index is 1.53. The van der Waals surface area contributed by atoms with Gasteiger partial charge in [0, 0.05) is 37.3 Å².